The van der Waals surface area contributed by atoms with Crippen LogP contribution in [-0.4, -0.2) is 58.6 Å². The molecule has 37 heavy (non-hydrogen) atoms. The van der Waals surface area contributed by atoms with Crippen molar-refractivity contribution in [3.05, 3.63) is 65.9 Å². The second-order valence-electron chi connectivity index (χ2n) is 10.0. The van der Waals surface area contributed by atoms with Crippen LogP contribution in [0.5, 0.6) is 5.75 Å². The third-order valence-corrected chi connectivity index (χ3v) is 8.77. The molecule has 0 saturated carbocycles. The minimum absolute atomic E-state index is 0.199. The average molecular weight is 523 g/mol. The molecule has 198 valence electrons. The molecule has 1 aromatic heterocycles. The molecule has 0 radical (unpaired) electrons. The number of piperidine rings is 1. The number of carbonyl (C=O) groups is 1. The number of rotatable bonds is 12. The van der Waals surface area contributed by atoms with Crippen LogP contribution in [0.15, 0.2) is 59.6 Å². The van der Waals surface area contributed by atoms with Gasteiger partial charge < -0.3 is 19.8 Å². The number of carboxylic acid groups (broad SMARTS) is 1. The third kappa shape index (κ3) is 7.46. The summed E-state index contributed by atoms with van der Waals surface area (Å²) in [6, 6.07) is 16.1. The number of aryl methyl sites for hydroxylation is 1. The summed E-state index contributed by atoms with van der Waals surface area (Å²) in [7, 11) is 1.64. The van der Waals surface area contributed by atoms with E-state index in [4.69, 9.17) is 4.74 Å². The number of pyridine rings is 1. The second kappa shape index (κ2) is 13.3. The van der Waals surface area contributed by atoms with Crippen molar-refractivity contribution in [1.29, 1.82) is 0 Å². The first-order chi connectivity index (χ1) is 17.9. The van der Waals surface area contributed by atoms with E-state index in [1.165, 1.54) is 10.5 Å². The largest absolute Gasteiger partial charge is 0.497 e. The molecule has 1 fully saturated rings. The molecule has 2 unspecified atom stereocenters. The van der Waals surface area contributed by atoms with Gasteiger partial charge in [0.1, 0.15) is 5.75 Å². The van der Waals surface area contributed by atoms with Crippen molar-refractivity contribution < 1.29 is 19.7 Å². The molecule has 0 amide bonds. The Bertz CT molecular complexity index is 1190. The lowest BCUT2D eigenvalue weighted by molar-refractivity contribution is -0.137. The summed E-state index contributed by atoms with van der Waals surface area (Å²) in [6.45, 7) is 5.10. The average Bonchev–Trinajstić information content (AvgIpc) is 2.91. The summed E-state index contributed by atoms with van der Waals surface area (Å²) in [6.07, 6.45) is 4.60. The fraction of sp³-hybridized carbons (Fsp3) is 0.467. The van der Waals surface area contributed by atoms with Crippen molar-refractivity contribution in [1.82, 2.24) is 9.88 Å². The van der Waals surface area contributed by atoms with Crippen LogP contribution in [0.25, 0.3) is 10.9 Å². The number of benzene rings is 2. The van der Waals surface area contributed by atoms with E-state index in [0.717, 1.165) is 60.4 Å². The van der Waals surface area contributed by atoms with Crippen LogP contribution in [0.2, 0.25) is 0 Å². The van der Waals surface area contributed by atoms with Crippen molar-refractivity contribution in [2.75, 3.05) is 32.5 Å². The number of likely N-dealkylation sites (tertiary alicyclic amines) is 1. The van der Waals surface area contributed by atoms with Crippen LogP contribution in [0.3, 0.4) is 0 Å². The monoisotopic (exact) mass is 522 g/mol. The number of aliphatic hydroxyl groups is 1. The SMILES string of the molecule is COc1ccc2nccc([C@@H](O)CCC3CCN(CCSc4ccccc4C)CC3CCC(=O)O)c2c1. The maximum atomic E-state index is 11.3. The van der Waals surface area contributed by atoms with Gasteiger partial charge in [0.2, 0.25) is 0 Å². The fourth-order valence-corrected chi connectivity index (χ4v) is 6.51. The van der Waals surface area contributed by atoms with Crippen LogP contribution >= 0.6 is 11.8 Å². The van der Waals surface area contributed by atoms with Gasteiger partial charge in [0.05, 0.1) is 18.7 Å². The molecule has 0 aliphatic carbocycles. The summed E-state index contributed by atoms with van der Waals surface area (Å²) in [5.41, 5.74) is 3.02. The Hall–Kier alpha value is -2.61. The van der Waals surface area contributed by atoms with Crippen molar-refractivity contribution >= 4 is 28.6 Å². The molecule has 3 atom stereocenters. The van der Waals surface area contributed by atoms with Gasteiger partial charge in [-0.15, -0.1) is 11.8 Å². The smallest absolute Gasteiger partial charge is 0.303 e. The molecule has 1 aliphatic rings. The first-order valence-corrected chi connectivity index (χ1v) is 14.2. The number of ether oxygens (including phenoxy) is 1. The maximum Gasteiger partial charge on any atom is 0.303 e. The quantitative estimate of drug-likeness (QED) is 0.284. The number of hydrogen-bond donors (Lipinski definition) is 2. The number of methoxy groups -OCH3 is 1. The molecule has 7 heteroatoms. The Kier molecular flexibility index (Phi) is 9.83. The zero-order valence-corrected chi connectivity index (χ0v) is 22.6. The molecular weight excluding hydrogens is 484 g/mol. The van der Waals surface area contributed by atoms with Gasteiger partial charge in [-0.2, -0.15) is 0 Å². The second-order valence-corrected chi connectivity index (χ2v) is 11.2. The summed E-state index contributed by atoms with van der Waals surface area (Å²) in [5.74, 6) is 1.78. The molecule has 0 spiro atoms. The zero-order valence-electron chi connectivity index (χ0n) is 21.8. The normalized spacial score (nSPS) is 19.1. The van der Waals surface area contributed by atoms with Crippen molar-refractivity contribution in [3.63, 3.8) is 0 Å². The predicted molar refractivity (Wildman–Crippen MR) is 149 cm³/mol. The maximum absolute atomic E-state index is 11.3. The molecule has 2 heterocycles. The Morgan fingerprint density at radius 3 is 2.81 bits per heavy atom. The number of hydrogen-bond acceptors (Lipinski definition) is 6. The van der Waals surface area contributed by atoms with E-state index < -0.39 is 12.1 Å². The lowest BCUT2D eigenvalue weighted by Crippen LogP contribution is -2.41. The third-order valence-electron chi connectivity index (χ3n) is 7.62. The van der Waals surface area contributed by atoms with E-state index in [1.807, 2.05) is 36.0 Å². The van der Waals surface area contributed by atoms with Crippen LogP contribution < -0.4 is 4.74 Å². The number of fused-ring (bicyclic) bond motifs is 1. The van der Waals surface area contributed by atoms with Crippen molar-refractivity contribution in [2.24, 2.45) is 11.8 Å². The zero-order chi connectivity index (χ0) is 26.2. The van der Waals surface area contributed by atoms with E-state index >= 15 is 0 Å². The summed E-state index contributed by atoms with van der Waals surface area (Å²) in [5, 5.41) is 21.4. The number of carboxylic acids is 1. The van der Waals surface area contributed by atoms with Gasteiger partial charge >= 0.3 is 5.97 Å². The van der Waals surface area contributed by atoms with E-state index in [2.05, 4.69) is 41.1 Å². The lowest BCUT2D eigenvalue weighted by atomic mass is 9.79. The standard InChI is InChI=1S/C30H38N2O4S/c1-21-5-3-4-6-29(21)37-18-17-32-16-14-22(23(20-32)8-12-30(34)35)7-11-28(33)25-13-15-31-27-10-9-24(36-2)19-26(25)27/h3-6,9-10,13,15,19,22-23,28,33H,7-8,11-12,14,16-18,20H2,1-2H3,(H,34,35)/t22?,23?,28-/m0/s1. The van der Waals surface area contributed by atoms with Crippen LogP contribution in [0, 0.1) is 18.8 Å². The van der Waals surface area contributed by atoms with Crippen LogP contribution in [0.4, 0.5) is 0 Å². The predicted octanol–water partition coefficient (Wildman–Crippen LogP) is 5.96. The van der Waals surface area contributed by atoms with Gasteiger partial charge in [-0.1, -0.05) is 18.2 Å². The van der Waals surface area contributed by atoms with Crippen molar-refractivity contribution in [2.45, 2.75) is 50.0 Å². The Morgan fingerprint density at radius 2 is 2.03 bits per heavy atom. The number of thioether (sulfide) groups is 1. The van der Waals surface area contributed by atoms with Gasteiger partial charge in [-0.05, 0) is 92.4 Å². The number of nitrogens with zero attached hydrogens (tertiary/aromatic N) is 2. The highest BCUT2D eigenvalue weighted by Crippen LogP contribution is 2.35. The minimum Gasteiger partial charge on any atom is -0.497 e. The molecule has 2 N–H and O–H groups in total. The lowest BCUT2D eigenvalue weighted by Gasteiger charge is -2.39. The topological polar surface area (TPSA) is 82.9 Å². The van der Waals surface area contributed by atoms with Crippen molar-refractivity contribution in [3.8, 4) is 5.75 Å². The van der Waals surface area contributed by atoms with Gasteiger partial charge in [0.25, 0.3) is 0 Å². The Morgan fingerprint density at radius 1 is 1.19 bits per heavy atom. The van der Waals surface area contributed by atoms with Gasteiger partial charge in [-0.25, -0.2) is 0 Å². The molecule has 0 bridgehead atoms. The Balaban J connectivity index is 1.35. The molecule has 2 aromatic carbocycles. The number of aliphatic hydroxyl groups excluding tert-OH is 1. The number of aromatic nitrogens is 1. The molecule has 1 aliphatic heterocycles. The highest BCUT2D eigenvalue weighted by Gasteiger charge is 2.30. The molecule has 3 aromatic rings. The highest BCUT2D eigenvalue weighted by molar-refractivity contribution is 7.99. The Labute approximate surface area is 224 Å². The minimum atomic E-state index is -0.733. The molecule has 4 rings (SSSR count). The molecule has 1 saturated heterocycles. The van der Waals surface area contributed by atoms with Gasteiger partial charge in [0, 0.05) is 41.7 Å². The highest BCUT2D eigenvalue weighted by atomic mass is 32.2. The summed E-state index contributed by atoms with van der Waals surface area (Å²) >= 11 is 1.89. The fourth-order valence-electron chi connectivity index (χ4n) is 5.47. The van der Waals surface area contributed by atoms with E-state index in [-0.39, 0.29) is 6.42 Å². The number of aliphatic carboxylic acids is 1. The van der Waals surface area contributed by atoms with Gasteiger partial charge in [0.15, 0.2) is 0 Å². The van der Waals surface area contributed by atoms with Gasteiger partial charge in [-0.3, -0.25) is 9.78 Å². The molecular formula is C30H38N2O4S. The van der Waals surface area contributed by atoms with Crippen LogP contribution in [-0.2, 0) is 4.79 Å². The van der Waals surface area contributed by atoms with E-state index in [1.54, 1.807) is 13.3 Å². The molecule has 6 nitrogen and oxygen atoms in total. The first-order valence-electron chi connectivity index (χ1n) is 13.2. The van der Waals surface area contributed by atoms with Crippen LogP contribution in [0.1, 0.15) is 49.3 Å². The summed E-state index contributed by atoms with van der Waals surface area (Å²) < 4.78 is 5.38. The van der Waals surface area contributed by atoms with E-state index in [9.17, 15) is 15.0 Å². The first kappa shape index (κ1) is 27.4. The van der Waals surface area contributed by atoms with E-state index in [0.29, 0.717) is 24.7 Å². The summed E-state index contributed by atoms with van der Waals surface area (Å²) in [4.78, 5) is 19.6.